The number of amides is 3. The lowest BCUT2D eigenvalue weighted by atomic mass is 10.0. The molecular formula is C56H52N6O6. The molecule has 12 nitrogen and oxygen atoms in total. The highest BCUT2D eigenvalue weighted by atomic mass is 16.6. The topological polar surface area (TPSA) is 189 Å². The molecule has 3 unspecified atom stereocenters. The largest absolute Gasteiger partial charge is 0.507 e. The van der Waals surface area contributed by atoms with Crippen LogP contribution in [0.1, 0.15) is 92.2 Å². The van der Waals surface area contributed by atoms with Gasteiger partial charge in [0.15, 0.2) is 0 Å². The van der Waals surface area contributed by atoms with Gasteiger partial charge in [-0.3, -0.25) is 29.5 Å². The Kier molecular flexibility index (Phi) is 17.0. The number of aromatic hydroxyl groups is 1. The predicted octanol–water partition coefficient (Wildman–Crippen LogP) is 11.6. The maximum absolute atomic E-state index is 12.9. The van der Waals surface area contributed by atoms with E-state index in [1.807, 2.05) is 160 Å². The van der Waals surface area contributed by atoms with Crippen molar-refractivity contribution in [3.8, 4) is 5.75 Å². The first-order valence-corrected chi connectivity index (χ1v) is 21.9. The second kappa shape index (κ2) is 23.9. The molecule has 0 aliphatic heterocycles. The SMILES string of the molecule is CC(NC(=O)c1ccccc1N)c1ccccc1.CC(NC(=O)c1ccccc1N=Cc1c(O)ccc2ccccc12)c1ccccc1.CC(NC(=O)c1ccccc1[N+](=O)[O-])c1ccccc1. The number of carbonyl (C=O) groups is 3. The summed E-state index contributed by atoms with van der Waals surface area (Å²) >= 11 is 0. The monoisotopic (exact) mass is 904 g/mol. The Bertz CT molecular complexity index is 3000. The molecule has 0 bridgehead atoms. The standard InChI is InChI=1S/C26H22N2O2.C15H14N2O3.C15H16N2O/c1-18(19-9-3-2-4-10-19)28-26(30)22-13-7-8-14-24(22)27-17-23-21-12-6-5-11-20(21)15-16-25(23)29;1-11(12-7-3-2-4-8-12)16-15(18)13-9-5-6-10-14(13)17(19)20;1-11(12-7-3-2-4-8-12)17-15(18)13-9-5-6-10-14(13)16/h2-18,29H,1H3,(H,28,30);2-11H,1H3,(H,16,18);2-11H,16H2,1H3,(H,17,18). The zero-order valence-corrected chi connectivity index (χ0v) is 37.8. The Morgan fingerprint density at radius 2 is 0.941 bits per heavy atom. The maximum atomic E-state index is 12.9. The number of carbonyl (C=O) groups excluding carboxylic acids is 3. The summed E-state index contributed by atoms with van der Waals surface area (Å²) in [6, 6.07) is 60.2. The molecule has 0 aromatic heterocycles. The molecule has 3 amide bonds. The molecule has 8 aromatic carbocycles. The van der Waals surface area contributed by atoms with Crippen LogP contribution in [0.4, 0.5) is 17.1 Å². The molecule has 0 heterocycles. The molecule has 0 saturated heterocycles. The van der Waals surface area contributed by atoms with Crippen molar-refractivity contribution in [2.45, 2.75) is 38.9 Å². The number of fused-ring (bicyclic) bond motifs is 1. The molecule has 0 spiro atoms. The van der Waals surface area contributed by atoms with Crippen molar-refractivity contribution in [1.29, 1.82) is 0 Å². The average molecular weight is 905 g/mol. The van der Waals surface area contributed by atoms with Crippen molar-refractivity contribution in [1.82, 2.24) is 16.0 Å². The van der Waals surface area contributed by atoms with Gasteiger partial charge in [0.1, 0.15) is 11.3 Å². The summed E-state index contributed by atoms with van der Waals surface area (Å²) in [6.45, 7) is 5.74. The number of hydrogen-bond donors (Lipinski definition) is 5. The molecule has 342 valence electrons. The summed E-state index contributed by atoms with van der Waals surface area (Å²) in [7, 11) is 0. The van der Waals surface area contributed by atoms with Crippen molar-refractivity contribution in [3.05, 3.63) is 249 Å². The molecule has 12 heteroatoms. The number of phenolic OH excluding ortho intramolecular Hbond substituents is 1. The third-order valence-corrected chi connectivity index (χ3v) is 10.9. The Morgan fingerprint density at radius 3 is 1.47 bits per heavy atom. The van der Waals surface area contributed by atoms with Crippen molar-refractivity contribution >= 4 is 51.8 Å². The number of nitro groups is 1. The first kappa shape index (κ1) is 48.6. The maximum Gasteiger partial charge on any atom is 0.282 e. The van der Waals surface area contributed by atoms with Crippen LogP contribution in [0.2, 0.25) is 0 Å². The van der Waals surface area contributed by atoms with Gasteiger partial charge in [0, 0.05) is 23.5 Å². The van der Waals surface area contributed by atoms with Crippen LogP contribution in [0.15, 0.2) is 205 Å². The summed E-state index contributed by atoms with van der Waals surface area (Å²) in [5.41, 5.74) is 11.4. The Labute approximate surface area is 395 Å². The number of nitrogens with two attached hydrogens (primary N) is 1. The number of nitrogens with one attached hydrogen (secondary N) is 3. The normalized spacial score (nSPS) is 11.9. The molecule has 8 aromatic rings. The first-order valence-electron chi connectivity index (χ1n) is 21.9. The number of nitrogen functional groups attached to an aromatic ring is 1. The van der Waals surface area contributed by atoms with Crippen LogP contribution in [-0.4, -0.2) is 34.0 Å². The van der Waals surface area contributed by atoms with Crippen molar-refractivity contribution in [2.75, 3.05) is 5.73 Å². The van der Waals surface area contributed by atoms with Gasteiger partial charge in [-0.2, -0.15) is 0 Å². The second-order valence-electron chi connectivity index (χ2n) is 15.7. The van der Waals surface area contributed by atoms with Gasteiger partial charge in [0.2, 0.25) is 0 Å². The first-order chi connectivity index (χ1) is 32.9. The number of nitrogens with zero attached hydrogens (tertiary/aromatic N) is 2. The third-order valence-electron chi connectivity index (χ3n) is 10.9. The number of phenols is 1. The molecular weight excluding hydrogens is 853 g/mol. The lowest BCUT2D eigenvalue weighted by Crippen LogP contribution is -2.27. The van der Waals surface area contributed by atoms with Gasteiger partial charge in [0.25, 0.3) is 23.4 Å². The molecule has 0 fully saturated rings. The number of aliphatic imine (C=N–C) groups is 1. The van der Waals surface area contributed by atoms with E-state index in [0.717, 1.165) is 27.5 Å². The fraction of sp³-hybridized carbons (Fsp3) is 0.107. The molecule has 0 radical (unpaired) electrons. The minimum absolute atomic E-state index is 0.0432. The minimum atomic E-state index is -0.553. The third kappa shape index (κ3) is 13.1. The van der Waals surface area contributed by atoms with Gasteiger partial charge < -0.3 is 26.8 Å². The van der Waals surface area contributed by atoms with E-state index in [1.54, 1.807) is 48.7 Å². The van der Waals surface area contributed by atoms with Crippen LogP contribution in [0.5, 0.6) is 5.75 Å². The van der Waals surface area contributed by atoms with Crippen LogP contribution in [-0.2, 0) is 0 Å². The van der Waals surface area contributed by atoms with Crippen molar-refractivity contribution < 1.29 is 24.4 Å². The second-order valence-corrected chi connectivity index (χ2v) is 15.7. The average Bonchev–Trinajstić information content (AvgIpc) is 3.37. The van der Waals surface area contributed by atoms with Crippen LogP contribution >= 0.6 is 0 Å². The molecule has 0 aliphatic rings. The van der Waals surface area contributed by atoms with E-state index in [-0.39, 0.29) is 46.9 Å². The van der Waals surface area contributed by atoms with E-state index in [1.165, 1.54) is 18.2 Å². The van der Waals surface area contributed by atoms with Crippen LogP contribution in [0.25, 0.3) is 10.8 Å². The number of benzene rings is 8. The molecule has 6 N–H and O–H groups in total. The van der Waals surface area contributed by atoms with Crippen LogP contribution in [0, 0.1) is 10.1 Å². The van der Waals surface area contributed by atoms with E-state index in [4.69, 9.17) is 5.73 Å². The summed E-state index contributed by atoms with van der Waals surface area (Å²) in [5, 5.41) is 31.9. The number of rotatable bonds is 12. The van der Waals surface area contributed by atoms with Gasteiger partial charge in [-0.1, -0.05) is 158 Å². The Balaban J connectivity index is 0.000000176. The van der Waals surface area contributed by atoms with E-state index in [9.17, 15) is 29.6 Å². The van der Waals surface area contributed by atoms with E-state index < -0.39 is 10.8 Å². The Hall–Kier alpha value is -8.90. The summed E-state index contributed by atoms with van der Waals surface area (Å²) < 4.78 is 0. The van der Waals surface area contributed by atoms with Crippen LogP contribution in [0.3, 0.4) is 0 Å². The van der Waals surface area contributed by atoms with Gasteiger partial charge in [-0.15, -0.1) is 0 Å². The number of hydrogen-bond acceptors (Lipinski definition) is 8. The van der Waals surface area contributed by atoms with Gasteiger partial charge in [-0.05, 0) is 84.6 Å². The van der Waals surface area contributed by atoms with Crippen LogP contribution < -0.4 is 21.7 Å². The zero-order chi connectivity index (χ0) is 48.4. The number of nitro benzene ring substituents is 1. The number of anilines is 1. The fourth-order valence-electron chi connectivity index (χ4n) is 7.16. The van der Waals surface area contributed by atoms with E-state index in [0.29, 0.717) is 28.1 Å². The molecule has 3 atom stereocenters. The van der Waals surface area contributed by atoms with Crippen molar-refractivity contribution in [3.63, 3.8) is 0 Å². The lowest BCUT2D eigenvalue weighted by molar-refractivity contribution is -0.385. The highest BCUT2D eigenvalue weighted by Gasteiger charge is 2.21. The number of para-hydroxylation sites is 3. The van der Waals surface area contributed by atoms with Gasteiger partial charge >= 0.3 is 0 Å². The molecule has 0 aliphatic carbocycles. The summed E-state index contributed by atoms with van der Waals surface area (Å²) in [5.74, 6) is -0.642. The zero-order valence-electron chi connectivity index (χ0n) is 37.8. The van der Waals surface area contributed by atoms with E-state index >= 15 is 0 Å². The Morgan fingerprint density at radius 1 is 0.529 bits per heavy atom. The van der Waals surface area contributed by atoms with Crippen molar-refractivity contribution in [2.24, 2.45) is 4.99 Å². The smallest absolute Gasteiger partial charge is 0.282 e. The molecule has 0 saturated carbocycles. The lowest BCUT2D eigenvalue weighted by Gasteiger charge is -2.15. The fourth-order valence-corrected chi connectivity index (χ4v) is 7.16. The quantitative estimate of drug-likeness (QED) is 0.0349. The predicted molar refractivity (Wildman–Crippen MR) is 270 cm³/mol. The van der Waals surface area contributed by atoms with Gasteiger partial charge in [0.05, 0.1) is 39.9 Å². The summed E-state index contributed by atoms with van der Waals surface area (Å²) in [4.78, 5) is 52.0. The highest BCUT2D eigenvalue weighted by molar-refractivity contribution is 6.05. The summed E-state index contributed by atoms with van der Waals surface area (Å²) in [6.07, 6.45) is 1.62. The highest BCUT2D eigenvalue weighted by Crippen LogP contribution is 2.28. The van der Waals surface area contributed by atoms with E-state index in [2.05, 4.69) is 20.9 Å². The minimum Gasteiger partial charge on any atom is -0.507 e. The molecule has 68 heavy (non-hydrogen) atoms. The molecule has 8 rings (SSSR count). The van der Waals surface area contributed by atoms with Gasteiger partial charge in [-0.25, -0.2) is 0 Å².